The van der Waals surface area contributed by atoms with Crippen LogP contribution in [0.4, 0.5) is 5.69 Å². The summed E-state index contributed by atoms with van der Waals surface area (Å²) in [4.78, 5) is 0. The molecule has 0 aliphatic carbocycles. The molecule has 18 heavy (non-hydrogen) atoms. The van der Waals surface area contributed by atoms with Gasteiger partial charge in [-0.3, -0.25) is 5.01 Å². The first kappa shape index (κ1) is 14.6. The molecule has 3 heteroatoms. The summed E-state index contributed by atoms with van der Waals surface area (Å²) in [5.74, 6) is 0.733. The van der Waals surface area contributed by atoms with Gasteiger partial charge in [0.25, 0.3) is 0 Å². The minimum absolute atomic E-state index is 0.247. The predicted molar refractivity (Wildman–Crippen MR) is 79.1 cm³/mol. The second-order valence-corrected chi connectivity index (χ2v) is 5.79. The normalized spacial score (nSPS) is 12.6. The molecule has 0 radical (unpaired) electrons. The molecular weight excluding hydrogens is 222 g/mol. The monoisotopic (exact) mass is 247 g/mol. The van der Waals surface area contributed by atoms with Crippen LogP contribution in [-0.4, -0.2) is 7.05 Å². The van der Waals surface area contributed by atoms with Crippen molar-refractivity contribution >= 4 is 5.69 Å². The Morgan fingerprint density at radius 2 is 1.83 bits per heavy atom. The van der Waals surface area contributed by atoms with Gasteiger partial charge in [-0.1, -0.05) is 38.5 Å². The molecule has 0 unspecified atom stereocenters. The Bertz CT molecular complexity index is 399. The zero-order chi connectivity index (χ0) is 13.8. The summed E-state index contributed by atoms with van der Waals surface area (Å²) in [6.45, 7) is 8.68. The lowest BCUT2D eigenvalue weighted by Crippen LogP contribution is -2.37. The number of anilines is 1. The minimum Gasteiger partial charge on any atom is -0.384 e. The quantitative estimate of drug-likeness (QED) is 0.803. The SMILES string of the molecule is CNN(/C(N)=C\CC(C)(C)C)c1ccc(C)cc1. The maximum absolute atomic E-state index is 6.13. The fraction of sp³-hybridized carbons (Fsp3) is 0.467. The highest BCUT2D eigenvalue weighted by Crippen LogP contribution is 2.21. The van der Waals surface area contributed by atoms with Crippen LogP contribution in [0.1, 0.15) is 32.8 Å². The average molecular weight is 247 g/mol. The first-order valence-corrected chi connectivity index (χ1v) is 6.33. The summed E-state index contributed by atoms with van der Waals surface area (Å²) < 4.78 is 0. The van der Waals surface area contributed by atoms with E-state index in [9.17, 15) is 0 Å². The van der Waals surface area contributed by atoms with Crippen molar-refractivity contribution in [3.05, 3.63) is 41.7 Å². The van der Waals surface area contributed by atoms with Gasteiger partial charge >= 0.3 is 0 Å². The largest absolute Gasteiger partial charge is 0.384 e. The van der Waals surface area contributed by atoms with Crippen molar-refractivity contribution in [1.82, 2.24) is 5.43 Å². The van der Waals surface area contributed by atoms with E-state index in [-0.39, 0.29) is 5.41 Å². The fourth-order valence-electron chi connectivity index (χ4n) is 1.60. The number of hydrazine groups is 1. The molecule has 1 rings (SSSR count). The standard InChI is InChI=1S/C15H25N3/c1-12-6-8-13(9-7-12)18(17-5)14(16)10-11-15(2,3)4/h6-10,17H,11,16H2,1-5H3/b14-10-. The zero-order valence-corrected chi connectivity index (χ0v) is 12.1. The van der Waals surface area contributed by atoms with Crippen molar-refractivity contribution in [3.8, 4) is 0 Å². The Morgan fingerprint density at radius 1 is 1.28 bits per heavy atom. The maximum atomic E-state index is 6.13. The zero-order valence-electron chi connectivity index (χ0n) is 12.1. The minimum atomic E-state index is 0.247. The van der Waals surface area contributed by atoms with Crippen LogP contribution in [0.15, 0.2) is 36.2 Å². The molecule has 0 atom stereocenters. The number of rotatable bonds is 4. The second-order valence-electron chi connectivity index (χ2n) is 5.79. The number of benzene rings is 1. The van der Waals surface area contributed by atoms with Crippen molar-refractivity contribution in [3.63, 3.8) is 0 Å². The van der Waals surface area contributed by atoms with Crippen LogP contribution in [0.5, 0.6) is 0 Å². The van der Waals surface area contributed by atoms with Gasteiger partial charge in [0, 0.05) is 7.05 Å². The summed E-state index contributed by atoms with van der Waals surface area (Å²) in [6, 6.07) is 8.28. The van der Waals surface area contributed by atoms with Gasteiger partial charge in [-0.2, -0.15) is 0 Å². The highest BCUT2D eigenvalue weighted by molar-refractivity contribution is 5.50. The highest BCUT2D eigenvalue weighted by Gasteiger charge is 2.11. The van der Waals surface area contributed by atoms with E-state index in [1.165, 1.54) is 5.56 Å². The molecule has 0 aromatic heterocycles. The van der Waals surface area contributed by atoms with Gasteiger partial charge in [0.1, 0.15) is 5.82 Å². The van der Waals surface area contributed by atoms with Gasteiger partial charge in [0.15, 0.2) is 0 Å². The number of hydrogen-bond donors (Lipinski definition) is 2. The van der Waals surface area contributed by atoms with Gasteiger partial charge in [-0.05, 0) is 37.0 Å². The first-order valence-electron chi connectivity index (χ1n) is 6.33. The first-order chi connectivity index (χ1) is 8.33. The Labute approximate surface area is 111 Å². The van der Waals surface area contributed by atoms with E-state index >= 15 is 0 Å². The second kappa shape index (κ2) is 5.91. The summed E-state index contributed by atoms with van der Waals surface area (Å²) in [7, 11) is 1.87. The lowest BCUT2D eigenvalue weighted by atomic mass is 9.92. The average Bonchev–Trinajstić information content (AvgIpc) is 2.29. The number of nitrogens with one attached hydrogen (secondary N) is 1. The molecular formula is C15H25N3. The molecule has 1 aromatic carbocycles. The lowest BCUT2D eigenvalue weighted by Gasteiger charge is -2.25. The molecule has 0 fully saturated rings. The molecule has 1 aromatic rings. The molecule has 0 heterocycles. The van der Waals surface area contributed by atoms with E-state index in [2.05, 4.69) is 63.5 Å². The van der Waals surface area contributed by atoms with E-state index in [1.54, 1.807) is 0 Å². The molecule has 0 bridgehead atoms. The van der Waals surface area contributed by atoms with Crippen LogP contribution in [0, 0.1) is 12.3 Å². The molecule has 3 N–H and O–H groups in total. The fourth-order valence-corrected chi connectivity index (χ4v) is 1.60. The van der Waals surface area contributed by atoms with Crippen LogP contribution < -0.4 is 16.2 Å². The van der Waals surface area contributed by atoms with Gasteiger partial charge in [0.05, 0.1) is 5.69 Å². The van der Waals surface area contributed by atoms with Crippen molar-refractivity contribution < 1.29 is 0 Å². The smallest absolute Gasteiger partial charge is 0.114 e. The van der Waals surface area contributed by atoms with E-state index < -0.39 is 0 Å². The molecule has 0 saturated heterocycles. The Morgan fingerprint density at radius 3 is 2.28 bits per heavy atom. The number of hydrogen-bond acceptors (Lipinski definition) is 3. The number of nitrogens with two attached hydrogens (primary N) is 1. The molecule has 3 nitrogen and oxygen atoms in total. The van der Waals surface area contributed by atoms with Gasteiger partial charge < -0.3 is 5.73 Å². The van der Waals surface area contributed by atoms with Crippen LogP contribution >= 0.6 is 0 Å². The summed E-state index contributed by atoms with van der Waals surface area (Å²) >= 11 is 0. The van der Waals surface area contributed by atoms with Crippen molar-refractivity contribution in [2.75, 3.05) is 12.1 Å². The van der Waals surface area contributed by atoms with Gasteiger partial charge in [-0.15, -0.1) is 0 Å². The third kappa shape index (κ3) is 4.41. The molecule has 0 aliphatic rings. The highest BCUT2D eigenvalue weighted by atomic mass is 15.5. The van der Waals surface area contributed by atoms with Crippen LogP contribution in [0.2, 0.25) is 0 Å². The van der Waals surface area contributed by atoms with E-state index in [1.807, 2.05) is 12.1 Å². The predicted octanol–water partition coefficient (Wildman–Crippen LogP) is 3.17. The van der Waals surface area contributed by atoms with Crippen LogP contribution in [0.25, 0.3) is 0 Å². The summed E-state index contributed by atoms with van der Waals surface area (Å²) in [5.41, 5.74) is 11.8. The summed E-state index contributed by atoms with van der Waals surface area (Å²) in [6.07, 6.45) is 3.01. The third-order valence-corrected chi connectivity index (χ3v) is 2.70. The van der Waals surface area contributed by atoms with Gasteiger partial charge in [0.2, 0.25) is 0 Å². The van der Waals surface area contributed by atoms with Gasteiger partial charge in [-0.25, -0.2) is 5.43 Å². The van der Waals surface area contributed by atoms with Crippen LogP contribution in [-0.2, 0) is 0 Å². The lowest BCUT2D eigenvalue weighted by molar-refractivity contribution is 0.419. The topological polar surface area (TPSA) is 41.3 Å². The van der Waals surface area contributed by atoms with Crippen molar-refractivity contribution in [2.24, 2.45) is 11.1 Å². The molecule has 100 valence electrons. The maximum Gasteiger partial charge on any atom is 0.114 e. The van der Waals surface area contributed by atoms with Crippen molar-refractivity contribution in [2.45, 2.75) is 34.1 Å². The number of aryl methyl sites for hydroxylation is 1. The summed E-state index contributed by atoms with van der Waals surface area (Å²) in [5, 5.41) is 1.89. The van der Waals surface area contributed by atoms with Crippen molar-refractivity contribution in [1.29, 1.82) is 0 Å². The van der Waals surface area contributed by atoms with E-state index in [0.29, 0.717) is 0 Å². The molecule has 0 saturated carbocycles. The molecule has 0 amide bonds. The van der Waals surface area contributed by atoms with Crippen LogP contribution in [0.3, 0.4) is 0 Å². The Hall–Kier alpha value is -1.48. The van der Waals surface area contributed by atoms with E-state index in [0.717, 1.165) is 17.9 Å². The number of nitrogens with zero attached hydrogens (tertiary/aromatic N) is 1. The number of allylic oxidation sites excluding steroid dienone is 1. The molecule has 0 aliphatic heterocycles. The Kier molecular flexibility index (Phi) is 4.79. The molecule has 0 spiro atoms. The third-order valence-electron chi connectivity index (χ3n) is 2.70. The Balaban J connectivity index is 2.86. The van der Waals surface area contributed by atoms with E-state index in [4.69, 9.17) is 5.73 Å².